The predicted molar refractivity (Wildman–Crippen MR) is 62.2 cm³/mol. The molecular formula is C10H15BrN4. The maximum absolute atomic E-state index is 8.88. The van der Waals surface area contributed by atoms with Crippen LogP contribution in [0.3, 0.4) is 0 Å². The molecule has 5 heteroatoms. The summed E-state index contributed by atoms with van der Waals surface area (Å²) in [5.41, 5.74) is 0. The Hall–Kier alpha value is -0.860. The fourth-order valence-electron chi connectivity index (χ4n) is 1.25. The fraction of sp³-hybridized carbons (Fsp3) is 0.600. The highest BCUT2D eigenvalue weighted by Gasteiger charge is 2.06. The van der Waals surface area contributed by atoms with Gasteiger partial charge in [-0.1, -0.05) is 6.92 Å². The van der Waals surface area contributed by atoms with Crippen molar-refractivity contribution in [2.24, 2.45) is 0 Å². The van der Waals surface area contributed by atoms with Crippen molar-refractivity contribution in [1.29, 1.82) is 5.26 Å². The molecule has 1 rings (SSSR count). The molecule has 1 aromatic rings. The summed E-state index contributed by atoms with van der Waals surface area (Å²) in [4.78, 5) is 0. The lowest BCUT2D eigenvalue weighted by atomic mass is 10.2. The Morgan fingerprint density at radius 2 is 2.53 bits per heavy atom. The third kappa shape index (κ3) is 4.45. The highest BCUT2D eigenvalue weighted by Crippen LogP contribution is 2.07. The van der Waals surface area contributed by atoms with Gasteiger partial charge in [0, 0.05) is 12.7 Å². The van der Waals surface area contributed by atoms with Gasteiger partial charge in [0.05, 0.1) is 22.8 Å². The summed E-state index contributed by atoms with van der Waals surface area (Å²) in [5.74, 6) is 0. The maximum atomic E-state index is 8.88. The lowest BCUT2D eigenvalue weighted by molar-refractivity contribution is 0.493. The van der Waals surface area contributed by atoms with Gasteiger partial charge in [-0.2, -0.15) is 10.4 Å². The molecular weight excluding hydrogens is 256 g/mol. The summed E-state index contributed by atoms with van der Waals surface area (Å²) < 4.78 is 2.81. The predicted octanol–water partition coefficient (Wildman–Crippen LogP) is 1.93. The van der Waals surface area contributed by atoms with E-state index >= 15 is 0 Å². The van der Waals surface area contributed by atoms with Crippen LogP contribution in [-0.4, -0.2) is 22.4 Å². The molecule has 15 heavy (non-hydrogen) atoms. The Kier molecular flexibility index (Phi) is 5.37. The first-order valence-electron chi connectivity index (χ1n) is 5.07. The zero-order valence-electron chi connectivity index (χ0n) is 8.78. The van der Waals surface area contributed by atoms with E-state index in [1.807, 2.05) is 10.9 Å². The minimum atomic E-state index is -0.0760. The molecule has 0 fully saturated rings. The number of nitriles is 1. The number of aryl methyl sites for hydroxylation is 1. The van der Waals surface area contributed by atoms with Gasteiger partial charge in [0.1, 0.15) is 0 Å². The van der Waals surface area contributed by atoms with Gasteiger partial charge in [0.15, 0.2) is 0 Å². The van der Waals surface area contributed by atoms with Crippen LogP contribution in [0.15, 0.2) is 16.9 Å². The van der Waals surface area contributed by atoms with E-state index in [2.05, 4.69) is 39.3 Å². The normalized spacial score (nSPS) is 12.3. The van der Waals surface area contributed by atoms with Crippen molar-refractivity contribution < 1.29 is 0 Å². The molecule has 0 saturated heterocycles. The smallest absolute Gasteiger partial charge is 0.0970 e. The summed E-state index contributed by atoms with van der Waals surface area (Å²) in [6, 6.07) is 2.17. The minimum absolute atomic E-state index is 0.0760. The van der Waals surface area contributed by atoms with Gasteiger partial charge in [0.2, 0.25) is 0 Å². The Labute approximate surface area is 98.4 Å². The van der Waals surface area contributed by atoms with Gasteiger partial charge >= 0.3 is 0 Å². The second-order valence-corrected chi connectivity index (χ2v) is 4.26. The molecule has 1 aromatic heterocycles. The Bertz CT molecular complexity index is 328. The number of hydrogen-bond acceptors (Lipinski definition) is 3. The molecule has 0 radical (unpaired) electrons. The molecule has 0 spiro atoms. The molecule has 82 valence electrons. The largest absolute Gasteiger partial charge is 0.302 e. The summed E-state index contributed by atoms with van der Waals surface area (Å²) in [6.45, 7) is 3.74. The van der Waals surface area contributed by atoms with Crippen LogP contribution in [0.5, 0.6) is 0 Å². The Balaban J connectivity index is 2.31. The Morgan fingerprint density at radius 1 is 1.73 bits per heavy atom. The van der Waals surface area contributed by atoms with Crippen LogP contribution in [0.1, 0.15) is 19.8 Å². The first-order chi connectivity index (χ1) is 7.26. The number of hydrogen-bond donors (Lipinski definition) is 1. The highest BCUT2D eigenvalue weighted by atomic mass is 79.9. The van der Waals surface area contributed by atoms with Crippen LogP contribution in [0.2, 0.25) is 0 Å². The number of aromatic nitrogens is 2. The van der Waals surface area contributed by atoms with E-state index in [0.29, 0.717) is 0 Å². The second-order valence-electron chi connectivity index (χ2n) is 3.35. The van der Waals surface area contributed by atoms with Crippen LogP contribution in [-0.2, 0) is 6.54 Å². The molecule has 0 aliphatic carbocycles. The summed E-state index contributed by atoms with van der Waals surface area (Å²) in [5, 5.41) is 16.2. The molecule has 1 N–H and O–H groups in total. The summed E-state index contributed by atoms with van der Waals surface area (Å²) in [6.07, 6.45) is 5.49. The summed E-state index contributed by atoms with van der Waals surface area (Å²) in [7, 11) is 0. The quantitative estimate of drug-likeness (QED) is 0.860. The van der Waals surface area contributed by atoms with E-state index in [0.717, 1.165) is 30.4 Å². The van der Waals surface area contributed by atoms with E-state index in [1.54, 1.807) is 6.20 Å². The van der Waals surface area contributed by atoms with Crippen LogP contribution < -0.4 is 5.32 Å². The number of rotatable bonds is 6. The van der Waals surface area contributed by atoms with Crippen molar-refractivity contribution in [2.45, 2.75) is 32.4 Å². The molecule has 0 saturated carbocycles. The van der Waals surface area contributed by atoms with E-state index in [4.69, 9.17) is 5.26 Å². The van der Waals surface area contributed by atoms with Gasteiger partial charge in [0.25, 0.3) is 0 Å². The first-order valence-corrected chi connectivity index (χ1v) is 5.86. The van der Waals surface area contributed by atoms with Gasteiger partial charge in [-0.3, -0.25) is 4.68 Å². The molecule has 1 unspecified atom stereocenters. The number of halogens is 1. The number of nitrogens with zero attached hydrogens (tertiary/aromatic N) is 3. The third-order valence-corrected chi connectivity index (χ3v) is 2.45. The van der Waals surface area contributed by atoms with Gasteiger partial charge in [-0.15, -0.1) is 0 Å². The zero-order valence-corrected chi connectivity index (χ0v) is 10.4. The SMILES string of the molecule is CCCNC(C#N)CCn1cc(Br)cn1. The van der Waals surface area contributed by atoms with Crippen LogP contribution >= 0.6 is 15.9 Å². The van der Waals surface area contributed by atoms with E-state index in [1.165, 1.54) is 0 Å². The van der Waals surface area contributed by atoms with E-state index < -0.39 is 0 Å². The molecule has 0 bridgehead atoms. The lowest BCUT2D eigenvalue weighted by Gasteiger charge is -2.10. The number of nitrogens with one attached hydrogen (secondary N) is 1. The average Bonchev–Trinajstić information content (AvgIpc) is 2.65. The summed E-state index contributed by atoms with van der Waals surface area (Å²) >= 11 is 3.33. The van der Waals surface area contributed by atoms with Crippen molar-refractivity contribution in [2.75, 3.05) is 6.54 Å². The Morgan fingerprint density at radius 3 is 3.07 bits per heavy atom. The molecule has 1 heterocycles. The molecule has 0 aliphatic rings. The fourth-order valence-corrected chi connectivity index (χ4v) is 1.58. The molecule has 0 amide bonds. The van der Waals surface area contributed by atoms with Crippen molar-refractivity contribution in [3.05, 3.63) is 16.9 Å². The first kappa shape index (κ1) is 12.2. The van der Waals surface area contributed by atoms with Crippen molar-refractivity contribution in [1.82, 2.24) is 15.1 Å². The standard InChI is InChI=1S/C10H15BrN4/c1-2-4-13-10(6-12)3-5-15-8-9(11)7-14-15/h7-8,10,13H,2-5H2,1H3. The molecule has 1 atom stereocenters. The van der Waals surface area contributed by atoms with Gasteiger partial charge < -0.3 is 5.32 Å². The monoisotopic (exact) mass is 270 g/mol. The van der Waals surface area contributed by atoms with Crippen LogP contribution in [0, 0.1) is 11.3 Å². The van der Waals surface area contributed by atoms with Gasteiger partial charge in [-0.05, 0) is 35.3 Å². The van der Waals surface area contributed by atoms with Crippen molar-refractivity contribution in [3.63, 3.8) is 0 Å². The third-order valence-electron chi connectivity index (χ3n) is 2.05. The maximum Gasteiger partial charge on any atom is 0.0970 e. The molecule has 4 nitrogen and oxygen atoms in total. The zero-order chi connectivity index (χ0) is 11.1. The van der Waals surface area contributed by atoms with E-state index in [9.17, 15) is 0 Å². The minimum Gasteiger partial charge on any atom is -0.302 e. The average molecular weight is 271 g/mol. The highest BCUT2D eigenvalue weighted by molar-refractivity contribution is 9.10. The van der Waals surface area contributed by atoms with E-state index in [-0.39, 0.29) is 6.04 Å². The van der Waals surface area contributed by atoms with Crippen molar-refractivity contribution in [3.8, 4) is 6.07 Å². The topological polar surface area (TPSA) is 53.6 Å². The van der Waals surface area contributed by atoms with Crippen molar-refractivity contribution >= 4 is 15.9 Å². The lowest BCUT2D eigenvalue weighted by Crippen LogP contribution is -2.29. The second kappa shape index (κ2) is 6.59. The van der Waals surface area contributed by atoms with Gasteiger partial charge in [-0.25, -0.2) is 0 Å². The van der Waals surface area contributed by atoms with Crippen LogP contribution in [0.4, 0.5) is 0 Å². The molecule has 0 aliphatic heterocycles. The van der Waals surface area contributed by atoms with Crippen LogP contribution in [0.25, 0.3) is 0 Å². The molecule has 0 aromatic carbocycles.